The number of carbonyl (C=O) groups is 2. The molecule has 2 rings (SSSR count). The molecule has 8 heteroatoms. The predicted molar refractivity (Wildman–Crippen MR) is 100.0 cm³/mol. The van der Waals surface area contributed by atoms with Crippen LogP contribution < -0.4 is 10.6 Å². The van der Waals surface area contributed by atoms with E-state index in [9.17, 15) is 18.4 Å². The highest BCUT2D eigenvalue weighted by Crippen LogP contribution is 2.26. The second-order valence-electron chi connectivity index (χ2n) is 5.32. The number of nitrogens with one attached hydrogen (secondary N) is 2. The maximum Gasteiger partial charge on any atom is 0.288 e. The smallest absolute Gasteiger partial charge is 0.288 e. The summed E-state index contributed by atoms with van der Waals surface area (Å²) in [5.41, 5.74) is 1.04. The van der Waals surface area contributed by atoms with Gasteiger partial charge >= 0.3 is 0 Å². The van der Waals surface area contributed by atoms with Crippen LogP contribution in [-0.2, 0) is 4.79 Å². The van der Waals surface area contributed by atoms with Gasteiger partial charge in [-0.3, -0.25) is 9.59 Å². The molecule has 0 saturated heterocycles. The number of rotatable bonds is 8. The number of hydrogen-bond donors (Lipinski definition) is 2. The van der Waals surface area contributed by atoms with E-state index < -0.39 is 5.76 Å². The lowest BCUT2D eigenvalue weighted by Gasteiger charge is -2.07. The standard InChI is InChI=1S/C18H17ClF2N2O2S/c19-13-5-3-12(4-6-13)17(25)22-11-1-2-16(24)23-14-7-9-15(10-8-14)26-18(20)21/h3-10,18H,1-2,11H2,(H,22,25)(H,23,24). The molecule has 138 valence electrons. The van der Waals surface area contributed by atoms with E-state index in [1.54, 1.807) is 36.4 Å². The normalized spacial score (nSPS) is 10.6. The molecule has 0 aromatic heterocycles. The Balaban J connectivity index is 1.68. The zero-order valence-corrected chi connectivity index (χ0v) is 15.2. The van der Waals surface area contributed by atoms with E-state index in [4.69, 9.17) is 11.6 Å². The van der Waals surface area contributed by atoms with E-state index in [-0.39, 0.29) is 18.2 Å². The Kier molecular flexibility index (Phi) is 7.87. The van der Waals surface area contributed by atoms with E-state index in [1.165, 1.54) is 12.1 Å². The Labute approximate surface area is 159 Å². The Morgan fingerprint density at radius 1 is 1.04 bits per heavy atom. The van der Waals surface area contributed by atoms with Gasteiger partial charge in [0.15, 0.2) is 0 Å². The third-order valence-electron chi connectivity index (χ3n) is 3.34. The van der Waals surface area contributed by atoms with Gasteiger partial charge in [-0.1, -0.05) is 23.4 Å². The van der Waals surface area contributed by atoms with Crippen LogP contribution in [0.4, 0.5) is 14.5 Å². The van der Waals surface area contributed by atoms with Gasteiger partial charge in [0.1, 0.15) is 0 Å². The van der Waals surface area contributed by atoms with Crippen molar-refractivity contribution in [3.8, 4) is 0 Å². The molecule has 0 fully saturated rings. The molecule has 0 bridgehead atoms. The summed E-state index contributed by atoms with van der Waals surface area (Å²) < 4.78 is 24.5. The van der Waals surface area contributed by atoms with Gasteiger partial charge in [-0.05, 0) is 55.0 Å². The summed E-state index contributed by atoms with van der Waals surface area (Å²) in [5.74, 6) is -2.91. The molecule has 0 aliphatic rings. The minimum atomic E-state index is -2.47. The van der Waals surface area contributed by atoms with Crippen LogP contribution in [0, 0.1) is 0 Å². The molecule has 2 aromatic carbocycles. The highest BCUT2D eigenvalue weighted by atomic mass is 35.5. The molecule has 2 aromatic rings. The Bertz CT molecular complexity index is 740. The number of hydrogen-bond acceptors (Lipinski definition) is 3. The van der Waals surface area contributed by atoms with Crippen LogP contribution in [-0.4, -0.2) is 24.1 Å². The van der Waals surface area contributed by atoms with Crippen molar-refractivity contribution in [1.29, 1.82) is 0 Å². The van der Waals surface area contributed by atoms with Crippen molar-refractivity contribution in [1.82, 2.24) is 5.32 Å². The van der Waals surface area contributed by atoms with E-state index >= 15 is 0 Å². The summed E-state index contributed by atoms with van der Waals surface area (Å²) in [6, 6.07) is 12.7. The number of carbonyl (C=O) groups excluding carboxylic acids is 2. The van der Waals surface area contributed by atoms with Gasteiger partial charge in [0.2, 0.25) is 5.91 Å². The topological polar surface area (TPSA) is 58.2 Å². The number of halogens is 3. The molecule has 2 amide bonds. The fourth-order valence-electron chi connectivity index (χ4n) is 2.10. The van der Waals surface area contributed by atoms with Gasteiger partial charge in [0.25, 0.3) is 11.7 Å². The van der Waals surface area contributed by atoms with Crippen molar-refractivity contribution < 1.29 is 18.4 Å². The quantitative estimate of drug-likeness (QED) is 0.496. The third kappa shape index (κ3) is 7.01. The lowest BCUT2D eigenvalue weighted by Crippen LogP contribution is -2.25. The van der Waals surface area contributed by atoms with E-state index in [0.29, 0.717) is 45.9 Å². The predicted octanol–water partition coefficient (Wildman–Crippen LogP) is 4.80. The number of anilines is 1. The molecule has 0 saturated carbocycles. The molecular weight excluding hydrogens is 382 g/mol. The van der Waals surface area contributed by atoms with Crippen LogP contribution in [0.2, 0.25) is 5.02 Å². The fraction of sp³-hybridized carbons (Fsp3) is 0.222. The lowest BCUT2D eigenvalue weighted by molar-refractivity contribution is -0.116. The van der Waals surface area contributed by atoms with Gasteiger partial charge in [0.05, 0.1) is 0 Å². The molecule has 2 N–H and O–H groups in total. The average molecular weight is 399 g/mol. The molecule has 0 aliphatic heterocycles. The summed E-state index contributed by atoms with van der Waals surface area (Å²) in [4.78, 5) is 24.2. The molecule has 0 atom stereocenters. The van der Waals surface area contributed by atoms with Crippen molar-refractivity contribution >= 4 is 40.9 Å². The first-order valence-electron chi connectivity index (χ1n) is 7.82. The van der Waals surface area contributed by atoms with E-state index in [1.807, 2.05) is 0 Å². The monoisotopic (exact) mass is 398 g/mol. The van der Waals surface area contributed by atoms with Crippen LogP contribution in [0.15, 0.2) is 53.4 Å². The summed E-state index contributed by atoms with van der Waals surface area (Å²) in [6.45, 7) is 0.360. The molecule has 4 nitrogen and oxygen atoms in total. The van der Waals surface area contributed by atoms with Crippen LogP contribution in [0.1, 0.15) is 23.2 Å². The maximum atomic E-state index is 12.2. The zero-order valence-electron chi connectivity index (χ0n) is 13.7. The molecule has 0 spiro atoms. The molecular formula is C18H17ClF2N2O2S. The van der Waals surface area contributed by atoms with Crippen LogP contribution in [0.5, 0.6) is 0 Å². The van der Waals surface area contributed by atoms with Gasteiger partial charge < -0.3 is 10.6 Å². The largest absolute Gasteiger partial charge is 0.352 e. The first-order valence-corrected chi connectivity index (χ1v) is 9.08. The SMILES string of the molecule is O=C(CCCNC(=O)c1ccc(Cl)cc1)Nc1ccc(SC(F)F)cc1. The lowest BCUT2D eigenvalue weighted by atomic mass is 10.2. The minimum Gasteiger partial charge on any atom is -0.352 e. The number of thioether (sulfide) groups is 1. The first-order chi connectivity index (χ1) is 12.4. The molecule has 0 unspecified atom stereocenters. The van der Waals surface area contributed by atoms with Crippen molar-refractivity contribution in [3.05, 3.63) is 59.1 Å². The van der Waals surface area contributed by atoms with Crippen molar-refractivity contribution in [2.45, 2.75) is 23.5 Å². The highest BCUT2D eigenvalue weighted by molar-refractivity contribution is 7.99. The molecule has 0 radical (unpaired) electrons. The van der Waals surface area contributed by atoms with Gasteiger partial charge in [-0.15, -0.1) is 0 Å². The zero-order chi connectivity index (χ0) is 18.9. The molecule has 26 heavy (non-hydrogen) atoms. The minimum absolute atomic E-state index is 0.208. The van der Waals surface area contributed by atoms with E-state index in [0.717, 1.165) is 0 Å². The number of amides is 2. The third-order valence-corrected chi connectivity index (χ3v) is 4.31. The second kappa shape index (κ2) is 10.1. The number of alkyl halides is 2. The summed E-state index contributed by atoms with van der Waals surface area (Å²) in [7, 11) is 0. The molecule has 0 aliphatic carbocycles. The Morgan fingerprint density at radius 2 is 1.69 bits per heavy atom. The second-order valence-corrected chi connectivity index (χ2v) is 6.82. The van der Waals surface area contributed by atoms with Crippen molar-refractivity contribution in [2.75, 3.05) is 11.9 Å². The Hall–Kier alpha value is -2.12. The number of benzene rings is 2. The summed E-state index contributed by atoms with van der Waals surface area (Å²) >= 11 is 6.22. The highest BCUT2D eigenvalue weighted by Gasteiger charge is 2.07. The van der Waals surface area contributed by atoms with Gasteiger partial charge in [-0.25, -0.2) is 0 Å². The van der Waals surface area contributed by atoms with Crippen molar-refractivity contribution in [3.63, 3.8) is 0 Å². The van der Waals surface area contributed by atoms with Crippen LogP contribution in [0.25, 0.3) is 0 Å². The molecule has 0 heterocycles. The summed E-state index contributed by atoms with van der Waals surface area (Å²) in [5, 5.41) is 5.97. The van der Waals surface area contributed by atoms with E-state index in [2.05, 4.69) is 10.6 Å². The van der Waals surface area contributed by atoms with Crippen LogP contribution >= 0.6 is 23.4 Å². The summed E-state index contributed by atoms with van der Waals surface area (Å²) in [6.07, 6.45) is 0.707. The fourth-order valence-corrected chi connectivity index (χ4v) is 2.72. The van der Waals surface area contributed by atoms with Crippen molar-refractivity contribution in [2.24, 2.45) is 0 Å². The Morgan fingerprint density at radius 3 is 2.31 bits per heavy atom. The average Bonchev–Trinajstić information content (AvgIpc) is 2.60. The van der Waals surface area contributed by atoms with Crippen LogP contribution in [0.3, 0.4) is 0 Å². The first kappa shape index (κ1) is 20.2. The van der Waals surface area contributed by atoms with Gasteiger partial charge in [-0.2, -0.15) is 8.78 Å². The maximum absolute atomic E-state index is 12.2. The van der Waals surface area contributed by atoms with Gasteiger partial charge in [0, 0.05) is 34.1 Å².